The van der Waals surface area contributed by atoms with Gasteiger partial charge in [0.2, 0.25) is 5.91 Å². The number of aromatic hydroxyl groups is 2. The van der Waals surface area contributed by atoms with Gasteiger partial charge in [-0.05, 0) is 29.7 Å². The number of rotatable bonds is 4. The highest BCUT2D eigenvalue weighted by atomic mass is 35.5. The van der Waals surface area contributed by atoms with E-state index in [9.17, 15) is 19.8 Å². The zero-order valence-electron chi connectivity index (χ0n) is 17.5. The predicted molar refractivity (Wildman–Crippen MR) is 122 cm³/mol. The molecule has 32 heavy (non-hydrogen) atoms. The van der Waals surface area contributed by atoms with Gasteiger partial charge in [0.05, 0.1) is 10.6 Å². The fraction of sp³-hybridized carbons (Fsp3) is 0.200. The van der Waals surface area contributed by atoms with E-state index in [1.165, 1.54) is 11.0 Å². The van der Waals surface area contributed by atoms with Crippen LogP contribution in [0.2, 0.25) is 5.02 Å². The molecular formula is C25H23ClN2O4. The van der Waals surface area contributed by atoms with E-state index >= 15 is 0 Å². The van der Waals surface area contributed by atoms with Gasteiger partial charge in [-0.2, -0.15) is 0 Å². The molecule has 0 unspecified atom stereocenters. The number of aryl methyl sites for hydroxylation is 1. The Morgan fingerprint density at radius 2 is 1.72 bits per heavy atom. The number of phenolic OH excluding ortho intramolecular Hbond substituents is 2. The van der Waals surface area contributed by atoms with Gasteiger partial charge in [-0.15, -0.1) is 0 Å². The van der Waals surface area contributed by atoms with E-state index < -0.39 is 17.7 Å². The maximum atomic E-state index is 13.4. The minimum Gasteiger partial charge on any atom is -0.507 e. The molecule has 3 aromatic carbocycles. The Balaban J connectivity index is 1.62. The summed E-state index contributed by atoms with van der Waals surface area (Å²) >= 11 is 5.97. The molecule has 7 heteroatoms. The summed E-state index contributed by atoms with van der Waals surface area (Å²) in [4.78, 5) is 28.0. The summed E-state index contributed by atoms with van der Waals surface area (Å²) < 4.78 is 0. The highest BCUT2D eigenvalue weighted by molar-refractivity contribution is 6.32. The van der Waals surface area contributed by atoms with Gasteiger partial charge in [-0.25, -0.2) is 0 Å². The van der Waals surface area contributed by atoms with E-state index in [0.717, 1.165) is 28.3 Å². The van der Waals surface area contributed by atoms with Crippen LogP contribution in [0.4, 0.5) is 0 Å². The number of nitrogens with one attached hydrogen (secondary N) is 1. The molecule has 0 aliphatic carbocycles. The molecule has 0 spiro atoms. The first kappa shape index (κ1) is 21.7. The van der Waals surface area contributed by atoms with Gasteiger partial charge in [0.25, 0.3) is 5.91 Å². The normalized spacial score (nSPS) is 15.2. The van der Waals surface area contributed by atoms with Gasteiger partial charge in [0.15, 0.2) is 0 Å². The number of carbonyl (C=O) groups is 2. The molecule has 0 saturated heterocycles. The zero-order chi connectivity index (χ0) is 22.8. The van der Waals surface area contributed by atoms with Gasteiger partial charge in [-0.1, -0.05) is 65.7 Å². The van der Waals surface area contributed by atoms with Crippen molar-refractivity contribution in [1.29, 1.82) is 0 Å². The Morgan fingerprint density at radius 3 is 2.44 bits per heavy atom. The van der Waals surface area contributed by atoms with Crippen LogP contribution in [0, 0.1) is 6.92 Å². The van der Waals surface area contributed by atoms with E-state index in [0.29, 0.717) is 13.0 Å². The Morgan fingerprint density at radius 1 is 1.03 bits per heavy atom. The first-order valence-corrected chi connectivity index (χ1v) is 10.6. The number of hydrogen-bond donors (Lipinski definition) is 3. The van der Waals surface area contributed by atoms with Crippen molar-refractivity contribution in [2.75, 3.05) is 0 Å². The third-order valence-corrected chi connectivity index (χ3v) is 6.00. The lowest BCUT2D eigenvalue weighted by Crippen LogP contribution is -2.52. The van der Waals surface area contributed by atoms with E-state index in [-0.39, 0.29) is 28.8 Å². The molecule has 2 amide bonds. The molecule has 1 heterocycles. The van der Waals surface area contributed by atoms with Gasteiger partial charge in [-0.3, -0.25) is 9.59 Å². The predicted octanol–water partition coefficient (Wildman–Crippen LogP) is 3.94. The molecule has 3 aromatic rings. The highest BCUT2D eigenvalue weighted by Gasteiger charge is 2.36. The quantitative estimate of drug-likeness (QED) is 0.561. The second kappa shape index (κ2) is 8.93. The number of amides is 2. The van der Waals surface area contributed by atoms with Crippen LogP contribution in [0.3, 0.4) is 0 Å². The first-order chi connectivity index (χ1) is 15.3. The topological polar surface area (TPSA) is 89.9 Å². The second-order valence-corrected chi connectivity index (χ2v) is 8.35. The monoisotopic (exact) mass is 450 g/mol. The molecule has 0 fully saturated rings. The Bertz CT molecular complexity index is 1180. The average molecular weight is 451 g/mol. The van der Waals surface area contributed by atoms with Crippen LogP contribution in [-0.2, 0) is 24.3 Å². The molecule has 0 aromatic heterocycles. The van der Waals surface area contributed by atoms with Crippen LogP contribution in [0.25, 0.3) is 0 Å². The second-order valence-electron chi connectivity index (χ2n) is 7.95. The van der Waals surface area contributed by atoms with Crippen molar-refractivity contribution >= 4 is 23.4 Å². The highest BCUT2D eigenvalue weighted by Crippen LogP contribution is 2.33. The maximum Gasteiger partial charge on any atom is 0.258 e. The molecule has 1 atom stereocenters. The van der Waals surface area contributed by atoms with Gasteiger partial charge in [0.1, 0.15) is 17.5 Å². The van der Waals surface area contributed by atoms with Crippen molar-refractivity contribution in [1.82, 2.24) is 10.2 Å². The Hall–Kier alpha value is -3.51. The molecule has 6 nitrogen and oxygen atoms in total. The lowest BCUT2D eigenvalue weighted by Gasteiger charge is -2.36. The van der Waals surface area contributed by atoms with Crippen LogP contribution >= 0.6 is 11.6 Å². The smallest absolute Gasteiger partial charge is 0.258 e. The summed E-state index contributed by atoms with van der Waals surface area (Å²) in [5.74, 6) is -1.53. The summed E-state index contributed by atoms with van der Waals surface area (Å²) in [6.07, 6.45) is 0.355. The van der Waals surface area contributed by atoms with Crippen LogP contribution in [-0.4, -0.2) is 33.0 Å². The molecule has 1 aliphatic rings. The van der Waals surface area contributed by atoms with E-state index in [2.05, 4.69) is 5.32 Å². The lowest BCUT2D eigenvalue weighted by molar-refractivity contribution is -0.126. The minimum atomic E-state index is -0.755. The molecule has 0 bridgehead atoms. The molecular weight excluding hydrogens is 428 g/mol. The van der Waals surface area contributed by atoms with E-state index in [1.807, 2.05) is 55.5 Å². The molecule has 4 rings (SSSR count). The number of hydrogen-bond acceptors (Lipinski definition) is 4. The van der Waals surface area contributed by atoms with E-state index in [1.54, 1.807) is 0 Å². The molecule has 0 radical (unpaired) electrons. The van der Waals surface area contributed by atoms with Crippen LogP contribution in [0.1, 0.15) is 32.6 Å². The summed E-state index contributed by atoms with van der Waals surface area (Å²) in [5.41, 5.74) is 3.96. The summed E-state index contributed by atoms with van der Waals surface area (Å²) in [6.45, 7) is 2.56. The largest absolute Gasteiger partial charge is 0.507 e. The Kier molecular flexibility index (Phi) is 6.06. The summed E-state index contributed by atoms with van der Waals surface area (Å²) in [6, 6.07) is 17.0. The fourth-order valence-electron chi connectivity index (χ4n) is 3.86. The number of nitrogens with zero attached hydrogens (tertiary/aromatic N) is 1. The Labute approximate surface area is 191 Å². The number of fused-ring (bicyclic) bond motifs is 1. The van der Waals surface area contributed by atoms with Crippen LogP contribution in [0.5, 0.6) is 11.5 Å². The first-order valence-electron chi connectivity index (χ1n) is 10.3. The average Bonchev–Trinajstić information content (AvgIpc) is 2.79. The molecule has 0 saturated carbocycles. The third-order valence-electron chi connectivity index (χ3n) is 5.69. The minimum absolute atomic E-state index is 0.0519. The van der Waals surface area contributed by atoms with Crippen molar-refractivity contribution in [2.45, 2.75) is 32.5 Å². The fourth-order valence-corrected chi connectivity index (χ4v) is 4.02. The number of benzene rings is 3. The van der Waals surface area contributed by atoms with Crippen LogP contribution in [0.15, 0.2) is 60.7 Å². The van der Waals surface area contributed by atoms with Crippen molar-refractivity contribution < 1.29 is 19.8 Å². The van der Waals surface area contributed by atoms with Crippen molar-refractivity contribution in [2.24, 2.45) is 0 Å². The molecule has 164 valence electrons. The SMILES string of the molecule is Cc1ccc(CNC(=O)[C@H]2Cc3ccccc3CN2C(=O)c2cc(Cl)c(O)cc2O)cc1. The number of carbonyl (C=O) groups excluding carboxylic acids is 2. The number of phenols is 2. The van der Waals surface area contributed by atoms with Crippen molar-refractivity contribution in [3.8, 4) is 11.5 Å². The van der Waals surface area contributed by atoms with Gasteiger partial charge >= 0.3 is 0 Å². The summed E-state index contributed by atoms with van der Waals surface area (Å²) in [7, 11) is 0. The van der Waals surface area contributed by atoms with Crippen molar-refractivity contribution in [3.05, 3.63) is 93.5 Å². The third kappa shape index (κ3) is 4.41. The van der Waals surface area contributed by atoms with Gasteiger partial charge < -0.3 is 20.4 Å². The van der Waals surface area contributed by atoms with E-state index in [4.69, 9.17) is 11.6 Å². The lowest BCUT2D eigenvalue weighted by atomic mass is 9.92. The standard InChI is InChI=1S/C25H23ClN2O4/c1-15-6-8-16(9-7-15)13-27-24(31)21-10-17-4-2-3-5-18(17)14-28(21)25(32)19-11-20(26)23(30)12-22(19)29/h2-9,11-12,21,29-30H,10,13-14H2,1H3,(H,27,31)/t21-/m1/s1. The zero-order valence-corrected chi connectivity index (χ0v) is 18.3. The molecule has 3 N–H and O–H groups in total. The maximum absolute atomic E-state index is 13.4. The summed E-state index contributed by atoms with van der Waals surface area (Å²) in [5, 5.41) is 22.8. The molecule has 1 aliphatic heterocycles. The van der Waals surface area contributed by atoms with Crippen LogP contribution < -0.4 is 5.32 Å². The van der Waals surface area contributed by atoms with Gasteiger partial charge in [0, 0.05) is 25.6 Å². The number of halogens is 1. The van der Waals surface area contributed by atoms with Crippen molar-refractivity contribution in [3.63, 3.8) is 0 Å².